The summed E-state index contributed by atoms with van der Waals surface area (Å²) in [5.41, 5.74) is 0. The van der Waals surface area contributed by atoms with E-state index < -0.39 is 0 Å². The number of nitrogens with zero attached hydrogens (tertiary/aromatic N) is 3. The van der Waals surface area contributed by atoms with Crippen LogP contribution in [0.2, 0.25) is 0 Å². The van der Waals surface area contributed by atoms with Crippen molar-refractivity contribution in [2.45, 2.75) is 0 Å². The second-order valence-corrected chi connectivity index (χ2v) is 2.14. The van der Waals surface area contributed by atoms with Gasteiger partial charge in [-0.2, -0.15) is 0 Å². The van der Waals surface area contributed by atoms with Crippen LogP contribution in [0.25, 0.3) is 0 Å². The van der Waals surface area contributed by atoms with E-state index in [1.165, 1.54) is 0 Å². The van der Waals surface area contributed by atoms with Crippen molar-refractivity contribution in [2.75, 3.05) is 27.2 Å². The molecule has 45 valence electrons. The average molecular weight is 112 g/mol. The molecule has 1 radical (unpaired) electrons. The molecule has 1 rings (SSSR count). The summed E-state index contributed by atoms with van der Waals surface area (Å²) >= 11 is 0. The molecule has 0 aromatic carbocycles. The van der Waals surface area contributed by atoms with E-state index >= 15 is 0 Å². The molecular formula is C5H10N3. The quantitative estimate of drug-likeness (QED) is 0.403. The van der Waals surface area contributed by atoms with Crippen LogP contribution in [0.1, 0.15) is 0 Å². The molecule has 0 aromatic heterocycles. The van der Waals surface area contributed by atoms with E-state index in [0.29, 0.717) is 5.96 Å². The predicted molar refractivity (Wildman–Crippen MR) is 32.4 cm³/mol. The molecule has 1 heterocycles. The number of guanidine groups is 1. The Bertz CT molecular complexity index is 98.2. The molecule has 1 fully saturated rings. The van der Waals surface area contributed by atoms with Crippen LogP contribution in [-0.2, 0) is 0 Å². The SMILES string of the molecule is CN1CCN(C)C1=[N]. The molecule has 8 heavy (non-hydrogen) atoms. The maximum Gasteiger partial charge on any atom is 0.221 e. The topological polar surface area (TPSA) is 28.8 Å². The van der Waals surface area contributed by atoms with Crippen LogP contribution in [0, 0.1) is 0 Å². The fourth-order valence-electron chi connectivity index (χ4n) is 0.791. The summed E-state index contributed by atoms with van der Waals surface area (Å²) in [6.07, 6.45) is 0. The lowest BCUT2D eigenvalue weighted by Gasteiger charge is -2.10. The van der Waals surface area contributed by atoms with Gasteiger partial charge in [0.15, 0.2) is 0 Å². The molecule has 0 N–H and O–H groups in total. The van der Waals surface area contributed by atoms with Gasteiger partial charge in [0, 0.05) is 27.2 Å². The summed E-state index contributed by atoms with van der Waals surface area (Å²) in [6, 6.07) is 0. The summed E-state index contributed by atoms with van der Waals surface area (Å²) in [6.45, 7) is 1.87. The molecule has 3 nitrogen and oxygen atoms in total. The smallest absolute Gasteiger partial charge is 0.221 e. The first kappa shape index (κ1) is 5.41. The number of rotatable bonds is 0. The highest BCUT2D eigenvalue weighted by atomic mass is 15.4. The fraction of sp³-hybridized carbons (Fsp3) is 0.800. The Hall–Kier alpha value is -0.730. The van der Waals surface area contributed by atoms with Gasteiger partial charge in [-0.3, -0.25) is 0 Å². The summed E-state index contributed by atoms with van der Waals surface area (Å²) < 4.78 is 0. The van der Waals surface area contributed by atoms with E-state index in [1.54, 1.807) is 0 Å². The normalized spacial score (nSPS) is 20.5. The molecule has 1 aliphatic heterocycles. The monoisotopic (exact) mass is 112 g/mol. The zero-order valence-corrected chi connectivity index (χ0v) is 5.26. The van der Waals surface area contributed by atoms with Gasteiger partial charge in [-0.05, 0) is 0 Å². The molecule has 1 aliphatic rings. The van der Waals surface area contributed by atoms with Crippen molar-refractivity contribution < 1.29 is 0 Å². The number of hydrogen-bond acceptors (Lipinski definition) is 0. The van der Waals surface area contributed by atoms with Crippen molar-refractivity contribution in [3.63, 3.8) is 0 Å². The molecule has 0 aliphatic carbocycles. The summed E-state index contributed by atoms with van der Waals surface area (Å²) in [5.74, 6) is 0.380. The van der Waals surface area contributed by atoms with Crippen LogP contribution >= 0.6 is 0 Å². The van der Waals surface area contributed by atoms with Crippen LogP contribution in [0.5, 0.6) is 0 Å². The Morgan fingerprint density at radius 2 is 1.62 bits per heavy atom. The van der Waals surface area contributed by atoms with Gasteiger partial charge < -0.3 is 9.80 Å². The van der Waals surface area contributed by atoms with E-state index in [2.05, 4.69) is 0 Å². The Morgan fingerprint density at radius 1 is 1.25 bits per heavy atom. The third kappa shape index (κ3) is 0.638. The lowest BCUT2D eigenvalue weighted by atomic mass is 10.6. The first-order valence-electron chi connectivity index (χ1n) is 2.70. The van der Waals surface area contributed by atoms with E-state index in [0.717, 1.165) is 13.1 Å². The van der Waals surface area contributed by atoms with Gasteiger partial charge in [0.1, 0.15) is 0 Å². The Kier molecular flexibility index (Phi) is 1.12. The third-order valence-corrected chi connectivity index (χ3v) is 1.45. The standard InChI is InChI=1S/C5H10N3/c1-7-3-4-8(2)5(7)6/h3-4H2,1-2H3. The lowest BCUT2D eigenvalue weighted by Crippen LogP contribution is -2.28. The first-order chi connectivity index (χ1) is 3.72. The van der Waals surface area contributed by atoms with Crippen molar-refractivity contribution >= 4 is 5.96 Å². The second-order valence-electron chi connectivity index (χ2n) is 2.14. The minimum atomic E-state index is 0.380. The van der Waals surface area contributed by atoms with E-state index in [-0.39, 0.29) is 0 Å². The Labute approximate surface area is 49.4 Å². The summed E-state index contributed by atoms with van der Waals surface area (Å²) in [5, 5.41) is 9.03. The molecule has 0 spiro atoms. The molecule has 1 saturated heterocycles. The first-order valence-corrected chi connectivity index (χ1v) is 2.70. The molecule has 0 aromatic rings. The van der Waals surface area contributed by atoms with Crippen molar-refractivity contribution in [1.29, 1.82) is 0 Å². The van der Waals surface area contributed by atoms with Crippen LogP contribution in [-0.4, -0.2) is 42.9 Å². The fourth-order valence-corrected chi connectivity index (χ4v) is 0.791. The largest absolute Gasteiger partial charge is 0.343 e. The average Bonchev–Trinajstić information content (AvgIpc) is 1.98. The van der Waals surface area contributed by atoms with Crippen LogP contribution < -0.4 is 5.41 Å². The van der Waals surface area contributed by atoms with Gasteiger partial charge in [0.2, 0.25) is 5.96 Å². The van der Waals surface area contributed by atoms with Crippen LogP contribution in [0.15, 0.2) is 0 Å². The molecule has 3 heteroatoms. The van der Waals surface area contributed by atoms with E-state index in [9.17, 15) is 0 Å². The molecule has 0 saturated carbocycles. The van der Waals surface area contributed by atoms with Gasteiger partial charge >= 0.3 is 0 Å². The van der Waals surface area contributed by atoms with E-state index in [4.69, 9.17) is 5.41 Å². The van der Waals surface area contributed by atoms with Gasteiger partial charge in [-0.25, -0.2) is 0 Å². The van der Waals surface area contributed by atoms with Crippen LogP contribution in [0.3, 0.4) is 0 Å². The van der Waals surface area contributed by atoms with Crippen LogP contribution in [0.4, 0.5) is 0 Å². The van der Waals surface area contributed by atoms with Crippen molar-refractivity contribution in [2.24, 2.45) is 0 Å². The molecule has 0 bridgehead atoms. The highest BCUT2D eigenvalue weighted by molar-refractivity contribution is 5.79. The lowest BCUT2D eigenvalue weighted by molar-refractivity contribution is 0.553. The van der Waals surface area contributed by atoms with Gasteiger partial charge in [-0.15, -0.1) is 5.41 Å². The van der Waals surface area contributed by atoms with E-state index in [1.807, 2.05) is 23.9 Å². The van der Waals surface area contributed by atoms with Crippen molar-refractivity contribution in [3.8, 4) is 0 Å². The molecule has 0 unspecified atom stereocenters. The molecule has 0 amide bonds. The maximum absolute atomic E-state index is 9.03. The molecular weight excluding hydrogens is 102 g/mol. The second kappa shape index (κ2) is 1.65. The Balaban J connectivity index is 2.57. The number of hydrogen-bond donors (Lipinski definition) is 0. The van der Waals surface area contributed by atoms with Gasteiger partial charge in [-0.1, -0.05) is 0 Å². The Morgan fingerprint density at radius 3 is 1.75 bits per heavy atom. The zero-order valence-electron chi connectivity index (χ0n) is 5.26. The highest BCUT2D eigenvalue weighted by Crippen LogP contribution is 1.97. The third-order valence-electron chi connectivity index (χ3n) is 1.45. The van der Waals surface area contributed by atoms with Crippen molar-refractivity contribution in [1.82, 2.24) is 15.2 Å². The minimum absolute atomic E-state index is 0.380. The maximum atomic E-state index is 9.03. The summed E-state index contributed by atoms with van der Waals surface area (Å²) in [4.78, 5) is 3.64. The summed E-state index contributed by atoms with van der Waals surface area (Å²) in [7, 11) is 3.75. The highest BCUT2D eigenvalue weighted by Gasteiger charge is 2.17. The predicted octanol–water partition coefficient (Wildman–Crippen LogP) is -0.980. The van der Waals surface area contributed by atoms with Gasteiger partial charge in [0.25, 0.3) is 0 Å². The zero-order chi connectivity index (χ0) is 6.15. The minimum Gasteiger partial charge on any atom is -0.343 e. The molecule has 0 atom stereocenters. The van der Waals surface area contributed by atoms with Crippen molar-refractivity contribution in [3.05, 3.63) is 0 Å². The van der Waals surface area contributed by atoms with Gasteiger partial charge in [0.05, 0.1) is 0 Å². The number of likely N-dealkylation sites (N-methyl/N-ethyl adjacent to an activating group) is 2.